The first-order chi connectivity index (χ1) is 6.38. The van der Waals surface area contributed by atoms with Gasteiger partial charge >= 0.3 is 0 Å². The van der Waals surface area contributed by atoms with Gasteiger partial charge in [-0.15, -0.1) is 11.3 Å². The lowest BCUT2D eigenvalue weighted by atomic mass is 10.1. The number of hydrogen-bond acceptors (Lipinski definition) is 3. The van der Waals surface area contributed by atoms with Crippen LogP contribution in [0.5, 0.6) is 0 Å². The zero-order valence-corrected chi connectivity index (χ0v) is 7.87. The third-order valence-corrected chi connectivity index (χ3v) is 2.85. The van der Waals surface area contributed by atoms with Gasteiger partial charge in [-0.3, -0.25) is 4.98 Å². The van der Waals surface area contributed by atoms with Crippen LogP contribution in [0.2, 0.25) is 0 Å². The fourth-order valence-corrected chi connectivity index (χ4v) is 1.95. The van der Waals surface area contributed by atoms with Crippen LogP contribution in [0.15, 0.2) is 42.0 Å². The summed E-state index contributed by atoms with van der Waals surface area (Å²) < 4.78 is 0. The molecular formula is C10H10N2S. The van der Waals surface area contributed by atoms with Gasteiger partial charge in [0.15, 0.2) is 0 Å². The van der Waals surface area contributed by atoms with E-state index in [0.717, 1.165) is 5.56 Å². The molecule has 2 N–H and O–H groups in total. The zero-order valence-electron chi connectivity index (χ0n) is 7.05. The molecule has 0 aliphatic carbocycles. The predicted molar refractivity (Wildman–Crippen MR) is 54.6 cm³/mol. The van der Waals surface area contributed by atoms with Gasteiger partial charge in [0.2, 0.25) is 0 Å². The summed E-state index contributed by atoms with van der Waals surface area (Å²) in [6, 6.07) is 7.92. The molecule has 0 radical (unpaired) electrons. The molecule has 0 saturated heterocycles. The highest BCUT2D eigenvalue weighted by molar-refractivity contribution is 7.10. The lowest BCUT2D eigenvalue weighted by molar-refractivity contribution is 0.884. The summed E-state index contributed by atoms with van der Waals surface area (Å²) in [5.41, 5.74) is 7.09. The van der Waals surface area contributed by atoms with Crippen LogP contribution in [0.25, 0.3) is 0 Å². The van der Waals surface area contributed by atoms with Crippen LogP contribution < -0.4 is 5.73 Å². The second kappa shape index (κ2) is 3.68. The van der Waals surface area contributed by atoms with Gasteiger partial charge in [-0.25, -0.2) is 0 Å². The normalized spacial score (nSPS) is 12.7. The van der Waals surface area contributed by atoms with Gasteiger partial charge in [-0.1, -0.05) is 12.1 Å². The predicted octanol–water partition coefficient (Wildman–Crippen LogP) is 2.19. The van der Waals surface area contributed by atoms with E-state index in [1.807, 2.05) is 35.8 Å². The number of hydrogen-bond donors (Lipinski definition) is 1. The van der Waals surface area contributed by atoms with Crippen molar-refractivity contribution in [3.05, 3.63) is 52.5 Å². The average molecular weight is 190 g/mol. The number of rotatable bonds is 2. The van der Waals surface area contributed by atoms with Gasteiger partial charge in [-0.2, -0.15) is 0 Å². The molecule has 3 heteroatoms. The van der Waals surface area contributed by atoms with Crippen molar-refractivity contribution >= 4 is 11.3 Å². The second-order valence-corrected chi connectivity index (χ2v) is 3.76. The van der Waals surface area contributed by atoms with Crippen molar-refractivity contribution < 1.29 is 0 Å². The van der Waals surface area contributed by atoms with Crippen molar-refractivity contribution in [1.82, 2.24) is 4.98 Å². The summed E-state index contributed by atoms with van der Waals surface area (Å²) in [5.74, 6) is 0. The van der Waals surface area contributed by atoms with Crippen LogP contribution in [-0.4, -0.2) is 4.98 Å². The molecule has 0 amide bonds. The molecule has 1 unspecified atom stereocenters. The van der Waals surface area contributed by atoms with Crippen LogP contribution in [0.1, 0.15) is 16.5 Å². The topological polar surface area (TPSA) is 38.9 Å². The maximum absolute atomic E-state index is 6.03. The molecule has 0 fully saturated rings. The monoisotopic (exact) mass is 190 g/mol. The van der Waals surface area contributed by atoms with Crippen LogP contribution in [0, 0.1) is 0 Å². The van der Waals surface area contributed by atoms with E-state index in [2.05, 4.69) is 4.98 Å². The highest BCUT2D eigenvalue weighted by Crippen LogP contribution is 2.22. The molecule has 0 aliphatic heterocycles. The highest BCUT2D eigenvalue weighted by Gasteiger charge is 2.08. The fourth-order valence-electron chi connectivity index (χ4n) is 1.19. The van der Waals surface area contributed by atoms with Crippen molar-refractivity contribution in [2.45, 2.75) is 6.04 Å². The molecule has 2 rings (SSSR count). The van der Waals surface area contributed by atoms with Crippen LogP contribution in [0.4, 0.5) is 0 Å². The minimum Gasteiger partial charge on any atom is -0.320 e. The van der Waals surface area contributed by atoms with Crippen molar-refractivity contribution in [2.75, 3.05) is 0 Å². The van der Waals surface area contributed by atoms with Gasteiger partial charge < -0.3 is 5.73 Å². The third kappa shape index (κ3) is 1.76. The van der Waals surface area contributed by atoms with E-state index < -0.39 is 0 Å². The summed E-state index contributed by atoms with van der Waals surface area (Å²) in [6.45, 7) is 0. The minimum absolute atomic E-state index is 0.0336. The van der Waals surface area contributed by atoms with Crippen LogP contribution in [0.3, 0.4) is 0 Å². The van der Waals surface area contributed by atoms with Crippen molar-refractivity contribution in [3.63, 3.8) is 0 Å². The number of thiophene rings is 1. The molecule has 0 saturated carbocycles. The van der Waals surface area contributed by atoms with E-state index in [1.54, 1.807) is 17.5 Å². The van der Waals surface area contributed by atoms with E-state index in [9.17, 15) is 0 Å². The van der Waals surface area contributed by atoms with Crippen LogP contribution in [-0.2, 0) is 0 Å². The van der Waals surface area contributed by atoms with Gasteiger partial charge in [0.05, 0.1) is 6.04 Å². The Morgan fingerprint density at radius 1 is 1.31 bits per heavy atom. The molecule has 0 aliphatic rings. The van der Waals surface area contributed by atoms with Gasteiger partial charge in [-0.05, 0) is 23.1 Å². The number of nitrogens with zero attached hydrogens (tertiary/aromatic N) is 1. The number of nitrogens with two attached hydrogens (primary N) is 1. The Morgan fingerprint density at radius 3 is 2.85 bits per heavy atom. The van der Waals surface area contributed by atoms with E-state index >= 15 is 0 Å². The van der Waals surface area contributed by atoms with Gasteiger partial charge in [0.1, 0.15) is 0 Å². The molecule has 66 valence electrons. The quantitative estimate of drug-likeness (QED) is 0.788. The van der Waals surface area contributed by atoms with E-state index in [-0.39, 0.29) is 6.04 Å². The minimum atomic E-state index is -0.0336. The molecule has 2 aromatic heterocycles. The maximum Gasteiger partial charge on any atom is 0.0661 e. The van der Waals surface area contributed by atoms with E-state index in [1.165, 1.54) is 4.88 Å². The molecule has 2 aromatic rings. The lowest BCUT2D eigenvalue weighted by Crippen LogP contribution is -2.09. The molecule has 2 nitrogen and oxygen atoms in total. The third-order valence-electron chi connectivity index (χ3n) is 1.89. The standard InChI is InChI=1S/C10H10N2S/c11-10(9-4-2-6-13-9)8-3-1-5-12-7-8/h1-7,10H,11H2. The highest BCUT2D eigenvalue weighted by atomic mass is 32.1. The first-order valence-corrected chi connectivity index (χ1v) is 4.95. The van der Waals surface area contributed by atoms with Crippen molar-refractivity contribution in [3.8, 4) is 0 Å². The Morgan fingerprint density at radius 2 is 2.23 bits per heavy atom. The Balaban J connectivity index is 2.29. The zero-order chi connectivity index (χ0) is 9.10. The molecule has 0 aromatic carbocycles. The lowest BCUT2D eigenvalue weighted by Gasteiger charge is -2.08. The summed E-state index contributed by atoms with van der Waals surface area (Å²) in [4.78, 5) is 5.21. The Bertz CT molecular complexity index is 356. The molecule has 0 bridgehead atoms. The van der Waals surface area contributed by atoms with Crippen molar-refractivity contribution in [1.29, 1.82) is 0 Å². The van der Waals surface area contributed by atoms with Gasteiger partial charge in [0, 0.05) is 17.3 Å². The molecule has 13 heavy (non-hydrogen) atoms. The largest absolute Gasteiger partial charge is 0.320 e. The molecule has 2 heterocycles. The molecule has 1 atom stereocenters. The van der Waals surface area contributed by atoms with E-state index in [0.29, 0.717) is 0 Å². The Kier molecular flexibility index (Phi) is 2.38. The molecule has 0 spiro atoms. The van der Waals surface area contributed by atoms with Gasteiger partial charge in [0.25, 0.3) is 0 Å². The maximum atomic E-state index is 6.03. The van der Waals surface area contributed by atoms with E-state index in [4.69, 9.17) is 5.73 Å². The Hall–Kier alpha value is -1.19. The van der Waals surface area contributed by atoms with Crippen LogP contribution >= 0.6 is 11.3 Å². The summed E-state index contributed by atoms with van der Waals surface area (Å²) >= 11 is 1.67. The molecular weight excluding hydrogens is 180 g/mol. The number of aromatic nitrogens is 1. The summed E-state index contributed by atoms with van der Waals surface area (Å²) in [5, 5.41) is 2.03. The SMILES string of the molecule is NC(c1cccnc1)c1cccs1. The smallest absolute Gasteiger partial charge is 0.0661 e. The number of pyridine rings is 1. The summed E-state index contributed by atoms with van der Waals surface area (Å²) in [6.07, 6.45) is 3.56. The second-order valence-electron chi connectivity index (χ2n) is 2.78. The van der Waals surface area contributed by atoms with Crippen molar-refractivity contribution in [2.24, 2.45) is 5.73 Å². The fraction of sp³-hybridized carbons (Fsp3) is 0.100. The first kappa shape index (κ1) is 8.41. The Labute approximate surface area is 81.1 Å². The summed E-state index contributed by atoms with van der Waals surface area (Å²) in [7, 11) is 0. The average Bonchev–Trinajstić information content (AvgIpc) is 2.71. The first-order valence-electron chi connectivity index (χ1n) is 4.07.